The van der Waals surface area contributed by atoms with E-state index in [-0.39, 0.29) is 6.04 Å². The molecule has 1 aliphatic carbocycles. The van der Waals surface area contributed by atoms with E-state index in [1.54, 1.807) is 0 Å². The van der Waals surface area contributed by atoms with Gasteiger partial charge in [0.2, 0.25) is 0 Å². The number of allylic oxidation sites excluding steroid dienone is 2. The molecule has 0 aromatic carbocycles. The Morgan fingerprint density at radius 2 is 1.94 bits per heavy atom. The molecule has 2 atom stereocenters. The van der Waals surface area contributed by atoms with Gasteiger partial charge in [0.05, 0.1) is 6.42 Å². The minimum absolute atomic E-state index is 0.255. The van der Waals surface area contributed by atoms with E-state index in [1.165, 1.54) is 25.7 Å². The van der Waals surface area contributed by atoms with Crippen molar-refractivity contribution in [3.05, 3.63) is 12.2 Å². The lowest BCUT2D eigenvalue weighted by molar-refractivity contribution is -0.139. The van der Waals surface area contributed by atoms with Crippen molar-refractivity contribution in [1.82, 2.24) is 4.90 Å². The second-order valence-corrected chi connectivity index (χ2v) is 5.66. The fourth-order valence-electron chi connectivity index (χ4n) is 3.37. The Hall–Kier alpha value is -0.830. The largest absolute Gasteiger partial charge is 0.481 e. The fourth-order valence-corrected chi connectivity index (χ4v) is 3.37. The monoisotopic (exact) mass is 251 g/mol. The average molecular weight is 251 g/mol. The van der Waals surface area contributed by atoms with Crippen LogP contribution in [0, 0.1) is 5.92 Å². The highest BCUT2D eigenvalue weighted by Gasteiger charge is 2.29. The number of rotatable bonds is 4. The topological polar surface area (TPSA) is 40.5 Å². The van der Waals surface area contributed by atoms with Gasteiger partial charge in [-0.15, -0.1) is 0 Å². The van der Waals surface area contributed by atoms with Crippen molar-refractivity contribution >= 4 is 5.97 Å². The molecule has 2 rings (SSSR count). The molecule has 0 spiro atoms. The molecule has 0 aromatic rings. The highest BCUT2D eigenvalue weighted by molar-refractivity contribution is 5.67. The van der Waals surface area contributed by atoms with Gasteiger partial charge in [-0.25, -0.2) is 0 Å². The molecule has 1 fully saturated rings. The van der Waals surface area contributed by atoms with Gasteiger partial charge in [0, 0.05) is 6.04 Å². The van der Waals surface area contributed by atoms with Crippen LogP contribution in [0.15, 0.2) is 12.2 Å². The highest BCUT2D eigenvalue weighted by Crippen LogP contribution is 2.28. The Labute approximate surface area is 110 Å². The molecule has 2 unspecified atom stereocenters. The van der Waals surface area contributed by atoms with Crippen molar-refractivity contribution in [3.8, 4) is 0 Å². The first-order valence-corrected chi connectivity index (χ1v) is 7.38. The smallest absolute Gasteiger partial charge is 0.304 e. The molecule has 102 valence electrons. The van der Waals surface area contributed by atoms with Gasteiger partial charge in [0.15, 0.2) is 0 Å². The predicted molar refractivity (Wildman–Crippen MR) is 72.6 cm³/mol. The SMILES string of the molecule is O=C(O)CC(C1CC=CCC1)N1CCCCCC1. The van der Waals surface area contributed by atoms with E-state index in [0.29, 0.717) is 12.3 Å². The van der Waals surface area contributed by atoms with Crippen LogP contribution in [0.5, 0.6) is 0 Å². The summed E-state index contributed by atoms with van der Waals surface area (Å²) < 4.78 is 0. The summed E-state index contributed by atoms with van der Waals surface area (Å²) in [6, 6.07) is 0.255. The minimum Gasteiger partial charge on any atom is -0.481 e. The first-order chi connectivity index (χ1) is 8.77. The summed E-state index contributed by atoms with van der Waals surface area (Å²) in [6.45, 7) is 2.19. The lowest BCUT2D eigenvalue weighted by atomic mass is 9.85. The maximum Gasteiger partial charge on any atom is 0.304 e. The number of likely N-dealkylation sites (tertiary alicyclic amines) is 1. The van der Waals surface area contributed by atoms with Gasteiger partial charge in [-0.05, 0) is 51.1 Å². The van der Waals surface area contributed by atoms with Crippen LogP contribution in [-0.4, -0.2) is 35.1 Å². The predicted octanol–water partition coefficient (Wildman–Crippen LogP) is 3.06. The third kappa shape index (κ3) is 3.84. The number of nitrogens with zero attached hydrogens (tertiary/aromatic N) is 1. The van der Waals surface area contributed by atoms with Gasteiger partial charge in [-0.1, -0.05) is 25.0 Å². The number of hydrogen-bond acceptors (Lipinski definition) is 2. The molecule has 0 aromatic heterocycles. The third-order valence-corrected chi connectivity index (χ3v) is 4.35. The van der Waals surface area contributed by atoms with E-state index >= 15 is 0 Å². The van der Waals surface area contributed by atoms with E-state index in [2.05, 4.69) is 17.1 Å². The Bertz CT molecular complexity index is 293. The highest BCUT2D eigenvalue weighted by atomic mass is 16.4. The van der Waals surface area contributed by atoms with Gasteiger partial charge in [0.1, 0.15) is 0 Å². The zero-order chi connectivity index (χ0) is 12.8. The van der Waals surface area contributed by atoms with Crippen LogP contribution in [0.4, 0.5) is 0 Å². The zero-order valence-corrected chi connectivity index (χ0v) is 11.2. The molecule has 3 nitrogen and oxygen atoms in total. The van der Waals surface area contributed by atoms with Crippen molar-refractivity contribution in [1.29, 1.82) is 0 Å². The zero-order valence-electron chi connectivity index (χ0n) is 11.2. The molecule has 1 N–H and O–H groups in total. The van der Waals surface area contributed by atoms with E-state index in [4.69, 9.17) is 0 Å². The maximum atomic E-state index is 11.1. The van der Waals surface area contributed by atoms with Gasteiger partial charge < -0.3 is 5.11 Å². The van der Waals surface area contributed by atoms with Gasteiger partial charge >= 0.3 is 5.97 Å². The second-order valence-electron chi connectivity index (χ2n) is 5.66. The Kier molecular flexibility index (Phi) is 5.24. The van der Waals surface area contributed by atoms with E-state index in [1.807, 2.05) is 0 Å². The van der Waals surface area contributed by atoms with Crippen molar-refractivity contribution in [2.45, 2.75) is 57.4 Å². The first kappa shape index (κ1) is 13.6. The first-order valence-electron chi connectivity index (χ1n) is 7.38. The van der Waals surface area contributed by atoms with Gasteiger partial charge in [0.25, 0.3) is 0 Å². The molecule has 18 heavy (non-hydrogen) atoms. The Morgan fingerprint density at radius 1 is 1.22 bits per heavy atom. The van der Waals surface area contributed by atoms with Crippen LogP contribution in [0.1, 0.15) is 51.4 Å². The standard InChI is InChI=1S/C15H25NO2/c17-15(18)12-14(13-8-4-3-5-9-13)16-10-6-1-2-7-11-16/h3-4,13-14H,1-2,5-12H2,(H,17,18). The summed E-state index contributed by atoms with van der Waals surface area (Å²) in [5, 5.41) is 9.17. The molecule has 1 heterocycles. The number of hydrogen-bond donors (Lipinski definition) is 1. The molecule has 1 saturated heterocycles. The van der Waals surface area contributed by atoms with Crippen molar-refractivity contribution in [2.75, 3.05) is 13.1 Å². The third-order valence-electron chi connectivity index (χ3n) is 4.35. The molecule has 2 aliphatic rings. The summed E-state index contributed by atoms with van der Waals surface area (Å²) in [5.74, 6) is -0.0944. The van der Waals surface area contributed by atoms with Crippen LogP contribution in [0.25, 0.3) is 0 Å². The number of carboxylic acids is 1. The van der Waals surface area contributed by atoms with E-state index in [9.17, 15) is 9.90 Å². The normalized spacial score (nSPS) is 27.7. The summed E-state index contributed by atoms with van der Waals surface area (Å²) in [7, 11) is 0. The number of carboxylic acid groups (broad SMARTS) is 1. The van der Waals surface area contributed by atoms with E-state index in [0.717, 1.165) is 32.4 Å². The van der Waals surface area contributed by atoms with Crippen LogP contribution in [0.3, 0.4) is 0 Å². The van der Waals surface area contributed by atoms with Crippen LogP contribution < -0.4 is 0 Å². The summed E-state index contributed by atoms with van der Waals surface area (Å²) >= 11 is 0. The Balaban J connectivity index is 2.02. The summed E-state index contributed by atoms with van der Waals surface area (Å²) in [4.78, 5) is 13.6. The average Bonchev–Trinajstić information content (AvgIpc) is 2.65. The Morgan fingerprint density at radius 3 is 2.50 bits per heavy atom. The van der Waals surface area contributed by atoms with Crippen LogP contribution in [-0.2, 0) is 4.79 Å². The number of aliphatic carboxylic acids is 1. The van der Waals surface area contributed by atoms with Crippen molar-refractivity contribution < 1.29 is 9.90 Å². The minimum atomic E-state index is -0.640. The lowest BCUT2D eigenvalue weighted by Crippen LogP contribution is -2.43. The number of carbonyl (C=O) groups is 1. The molecular formula is C15H25NO2. The summed E-state index contributed by atoms with van der Waals surface area (Å²) in [5.41, 5.74) is 0. The maximum absolute atomic E-state index is 11.1. The quantitative estimate of drug-likeness (QED) is 0.781. The van der Waals surface area contributed by atoms with Crippen molar-refractivity contribution in [3.63, 3.8) is 0 Å². The van der Waals surface area contributed by atoms with Gasteiger partial charge in [-0.2, -0.15) is 0 Å². The van der Waals surface area contributed by atoms with Gasteiger partial charge in [-0.3, -0.25) is 9.69 Å². The van der Waals surface area contributed by atoms with E-state index < -0.39 is 5.97 Å². The molecule has 0 bridgehead atoms. The molecular weight excluding hydrogens is 226 g/mol. The molecule has 3 heteroatoms. The summed E-state index contributed by atoms with van der Waals surface area (Å²) in [6.07, 6.45) is 13.2. The molecule has 0 amide bonds. The van der Waals surface area contributed by atoms with Crippen LogP contribution >= 0.6 is 0 Å². The van der Waals surface area contributed by atoms with Crippen molar-refractivity contribution in [2.24, 2.45) is 5.92 Å². The molecule has 1 aliphatic heterocycles. The second kappa shape index (κ2) is 6.93. The molecule has 0 saturated carbocycles. The fraction of sp³-hybridized carbons (Fsp3) is 0.800. The molecule has 0 radical (unpaired) electrons. The lowest BCUT2D eigenvalue weighted by Gasteiger charge is -2.36. The van der Waals surface area contributed by atoms with Crippen LogP contribution in [0.2, 0.25) is 0 Å².